The second kappa shape index (κ2) is 11.0. The van der Waals surface area contributed by atoms with Gasteiger partial charge in [0.05, 0.1) is 24.2 Å². The Morgan fingerprint density at radius 1 is 1.10 bits per heavy atom. The van der Waals surface area contributed by atoms with E-state index >= 15 is 0 Å². The smallest absolute Gasteiger partial charge is 0.306 e. The number of sulfonamides is 1. The summed E-state index contributed by atoms with van der Waals surface area (Å²) in [4.78, 5) is 19.0. The van der Waals surface area contributed by atoms with Crippen LogP contribution in [0.15, 0.2) is 53.7 Å². The summed E-state index contributed by atoms with van der Waals surface area (Å²) in [7, 11) is -0.0340. The topological polar surface area (TPSA) is 111 Å². The van der Waals surface area contributed by atoms with Crippen LogP contribution in [-0.2, 0) is 33.1 Å². The molecule has 4 aromatic rings. The molecule has 1 unspecified atom stereocenters. The molecule has 210 valence electrons. The molecule has 0 fully saturated rings. The summed E-state index contributed by atoms with van der Waals surface area (Å²) in [5.74, 6) is -0.600. The van der Waals surface area contributed by atoms with Crippen molar-refractivity contribution < 1.29 is 17.9 Å². The van der Waals surface area contributed by atoms with E-state index in [-0.39, 0.29) is 29.7 Å². The lowest BCUT2D eigenvalue weighted by molar-refractivity contribution is -0.143. The maximum absolute atomic E-state index is 13.7. The Balaban J connectivity index is 1.55. The molecule has 10 nitrogen and oxygen atoms in total. The molecule has 2 aromatic heterocycles. The Hall–Kier alpha value is -3.83. The second-order valence-electron chi connectivity index (χ2n) is 10.2. The molecular formula is C29H34N6O4S. The van der Waals surface area contributed by atoms with Crippen LogP contribution in [0, 0.1) is 13.8 Å². The van der Waals surface area contributed by atoms with Crippen molar-refractivity contribution in [1.29, 1.82) is 0 Å². The van der Waals surface area contributed by atoms with Gasteiger partial charge < -0.3 is 9.64 Å². The highest BCUT2D eigenvalue weighted by atomic mass is 32.2. The summed E-state index contributed by atoms with van der Waals surface area (Å²) in [6.07, 6.45) is 3.18. The molecule has 1 atom stereocenters. The number of hydrogen-bond acceptors (Lipinski definition) is 8. The van der Waals surface area contributed by atoms with E-state index in [2.05, 4.69) is 15.3 Å². The second-order valence-corrected chi connectivity index (χ2v) is 12.1. The predicted octanol–water partition coefficient (Wildman–Crippen LogP) is 3.71. The maximum Gasteiger partial charge on any atom is 0.306 e. The van der Waals surface area contributed by atoms with Crippen molar-refractivity contribution in [3.05, 3.63) is 76.6 Å². The van der Waals surface area contributed by atoms with Crippen LogP contribution >= 0.6 is 0 Å². The van der Waals surface area contributed by atoms with Gasteiger partial charge in [0.2, 0.25) is 10.0 Å². The fourth-order valence-electron chi connectivity index (χ4n) is 5.38. The van der Waals surface area contributed by atoms with Crippen LogP contribution in [0.25, 0.3) is 11.0 Å². The third kappa shape index (κ3) is 5.06. The number of anilines is 1. The highest BCUT2D eigenvalue weighted by Crippen LogP contribution is 2.36. The number of ether oxygens (including phenoxy) is 1. The molecule has 0 N–H and O–H groups in total. The van der Waals surface area contributed by atoms with Crippen molar-refractivity contribution in [3.8, 4) is 0 Å². The Morgan fingerprint density at radius 2 is 1.90 bits per heavy atom. The molecule has 0 amide bonds. The number of rotatable bonds is 7. The minimum absolute atomic E-state index is 0.148. The zero-order chi connectivity index (χ0) is 28.6. The van der Waals surface area contributed by atoms with Gasteiger partial charge in [-0.2, -0.15) is 4.31 Å². The van der Waals surface area contributed by atoms with Crippen LogP contribution in [0.1, 0.15) is 47.1 Å². The standard InChI is InChI=1S/C29H34N6O4S/c1-6-39-28(36)16-24(23-9-10-26-29(20(23)3)31-32-34(26)5)21-8-7-19(2)22(15-21)18-35-14-13-33(4)25-11-12-30-17-27(25)40(35,37)38/h7-12,15,17,24H,6,13-14,16,18H2,1-5H3. The van der Waals surface area contributed by atoms with E-state index in [1.54, 1.807) is 23.9 Å². The van der Waals surface area contributed by atoms with E-state index in [1.807, 2.05) is 63.2 Å². The zero-order valence-electron chi connectivity index (χ0n) is 23.5. The lowest BCUT2D eigenvalue weighted by atomic mass is 9.84. The highest BCUT2D eigenvalue weighted by Gasteiger charge is 2.32. The highest BCUT2D eigenvalue weighted by molar-refractivity contribution is 7.89. The first-order valence-electron chi connectivity index (χ1n) is 13.3. The number of carbonyl (C=O) groups excluding carboxylic acids is 1. The lowest BCUT2D eigenvalue weighted by Crippen LogP contribution is -2.33. The van der Waals surface area contributed by atoms with Crippen LogP contribution in [-0.4, -0.2) is 65.4 Å². The first kappa shape index (κ1) is 27.7. The molecule has 3 heterocycles. The van der Waals surface area contributed by atoms with Crippen molar-refractivity contribution >= 4 is 32.7 Å². The molecule has 0 aliphatic carbocycles. The number of fused-ring (bicyclic) bond motifs is 2. The van der Waals surface area contributed by atoms with Gasteiger partial charge in [0.25, 0.3) is 0 Å². The third-order valence-corrected chi connectivity index (χ3v) is 9.59. The Kier molecular flexibility index (Phi) is 7.61. The number of pyridine rings is 1. The molecule has 1 aliphatic rings. The van der Waals surface area contributed by atoms with Gasteiger partial charge in [-0.15, -0.1) is 5.10 Å². The van der Waals surface area contributed by atoms with E-state index in [9.17, 15) is 13.2 Å². The van der Waals surface area contributed by atoms with Crippen molar-refractivity contribution in [3.63, 3.8) is 0 Å². The predicted molar refractivity (Wildman–Crippen MR) is 153 cm³/mol. The number of aromatic nitrogens is 4. The van der Waals surface area contributed by atoms with Gasteiger partial charge in [0.1, 0.15) is 10.4 Å². The normalized spacial score (nSPS) is 16.0. The summed E-state index contributed by atoms with van der Waals surface area (Å²) in [5, 5.41) is 8.50. The van der Waals surface area contributed by atoms with Crippen LogP contribution in [0.3, 0.4) is 0 Å². The molecule has 1 aliphatic heterocycles. The van der Waals surface area contributed by atoms with Gasteiger partial charge in [-0.05, 0) is 60.7 Å². The minimum Gasteiger partial charge on any atom is -0.466 e. The molecule has 0 saturated carbocycles. The van der Waals surface area contributed by atoms with E-state index in [4.69, 9.17) is 4.74 Å². The Labute approximate surface area is 234 Å². The fraction of sp³-hybridized carbons (Fsp3) is 0.379. The van der Waals surface area contributed by atoms with Crippen molar-refractivity contribution in [1.82, 2.24) is 24.3 Å². The average Bonchev–Trinajstić information content (AvgIpc) is 3.28. The molecule has 0 saturated heterocycles. The van der Waals surface area contributed by atoms with Crippen molar-refractivity contribution in [2.75, 3.05) is 31.6 Å². The largest absolute Gasteiger partial charge is 0.466 e. The van der Waals surface area contributed by atoms with Gasteiger partial charge in [-0.3, -0.25) is 9.78 Å². The first-order chi connectivity index (χ1) is 19.1. The molecule has 40 heavy (non-hydrogen) atoms. The minimum atomic E-state index is -3.77. The molecule has 0 spiro atoms. The van der Waals surface area contributed by atoms with E-state index in [1.165, 1.54) is 10.5 Å². The summed E-state index contributed by atoms with van der Waals surface area (Å²) in [6, 6.07) is 11.7. The van der Waals surface area contributed by atoms with Gasteiger partial charge in [0, 0.05) is 52.0 Å². The lowest BCUT2D eigenvalue weighted by Gasteiger charge is -2.24. The molecule has 11 heteroatoms. The number of aryl methyl sites for hydroxylation is 3. The monoisotopic (exact) mass is 562 g/mol. The first-order valence-corrected chi connectivity index (χ1v) is 14.7. The van der Waals surface area contributed by atoms with Crippen LogP contribution in [0.4, 0.5) is 5.69 Å². The fourth-order valence-corrected chi connectivity index (χ4v) is 6.97. The molecule has 0 radical (unpaired) electrons. The third-order valence-electron chi connectivity index (χ3n) is 7.73. The maximum atomic E-state index is 13.7. The van der Waals surface area contributed by atoms with Crippen LogP contribution < -0.4 is 4.90 Å². The average molecular weight is 563 g/mol. The molecular weight excluding hydrogens is 528 g/mol. The SMILES string of the molecule is CCOC(=O)CC(c1ccc(C)c(CN2CCN(C)c3ccncc3S2(=O)=O)c1)c1ccc2c(nnn2C)c1C. The molecule has 0 bridgehead atoms. The number of esters is 1. The van der Waals surface area contributed by atoms with Gasteiger partial charge in [-0.1, -0.05) is 29.5 Å². The quantitative estimate of drug-likeness (QED) is 0.314. The van der Waals surface area contributed by atoms with Gasteiger partial charge >= 0.3 is 5.97 Å². The number of carbonyl (C=O) groups is 1. The summed E-state index contributed by atoms with van der Waals surface area (Å²) >= 11 is 0. The molecule has 2 aromatic carbocycles. The van der Waals surface area contributed by atoms with E-state index in [0.717, 1.165) is 38.9 Å². The Bertz CT molecular complexity index is 1680. The number of benzene rings is 2. The summed E-state index contributed by atoms with van der Waals surface area (Å²) in [6.45, 7) is 7.15. The van der Waals surface area contributed by atoms with Crippen molar-refractivity contribution in [2.24, 2.45) is 7.05 Å². The van der Waals surface area contributed by atoms with Gasteiger partial charge in [0.15, 0.2) is 0 Å². The van der Waals surface area contributed by atoms with E-state index < -0.39 is 10.0 Å². The number of likely N-dealkylation sites (N-methyl/N-ethyl adjacent to an activating group) is 1. The van der Waals surface area contributed by atoms with E-state index in [0.29, 0.717) is 25.4 Å². The van der Waals surface area contributed by atoms with Crippen LogP contribution in [0.2, 0.25) is 0 Å². The van der Waals surface area contributed by atoms with Gasteiger partial charge in [-0.25, -0.2) is 13.1 Å². The number of nitrogens with zero attached hydrogens (tertiary/aromatic N) is 6. The summed E-state index contributed by atoms with van der Waals surface area (Å²) in [5.41, 5.74) is 7.00. The zero-order valence-corrected chi connectivity index (χ0v) is 24.3. The van der Waals surface area contributed by atoms with Crippen molar-refractivity contribution in [2.45, 2.75) is 44.6 Å². The summed E-state index contributed by atoms with van der Waals surface area (Å²) < 4.78 is 36.0. The Morgan fingerprint density at radius 3 is 2.67 bits per heavy atom. The molecule has 5 rings (SSSR count). The van der Waals surface area contributed by atoms with Crippen LogP contribution in [0.5, 0.6) is 0 Å². The number of hydrogen-bond donors (Lipinski definition) is 0.